The number of carboxylic acids is 1. The van der Waals surface area contributed by atoms with Crippen molar-refractivity contribution in [2.75, 3.05) is 25.0 Å². The van der Waals surface area contributed by atoms with Gasteiger partial charge >= 0.3 is 5.97 Å². The second-order valence-corrected chi connectivity index (χ2v) is 14.1. The van der Waals surface area contributed by atoms with Crippen molar-refractivity contribution in [1.29, 1.82) is 5.26 Å². The minimum absolute atomic E-state index is 0.399. The first-order valence-corrected chi connectivity index (χ1v) is 17.4. The van der Waals surface area contributed by atoms with Gasteiger partial charge in [0.05, 0.1) is 17.1 Å². The van der Waals surface area contributed by atoms with Gasteiger partial charge in [-0.1, -0.05) is 24.3 Å². The van der Waals surface area contributed by atoms with Crippen LogP contribution in [0.1, 0.15) is 48.1 Å². The Labute approximate surface area is 302 Å². The van der Waals surface area contributed by atoms with Gasteiger partial charge in [0.1, 0.15) is 17.1 Å². The van der Waals surface area contributed by atoms with Crippen LogP contribution < -0.4 is 10.6 Å². The van der Waals surface area contributed by atoms with E-state index in [1.165, 1.54) is 0 Å². The molecule has 4 N–H and O–H groups in total. The molecule has 0 bridgehead atoms. The number of nitrogens with zero attached hydrogens (tertiary/aromatic N) is 5. The molecule has 1 saturated heterocycles. The number of benzene rings is 3. The Kier molecular flexibility index (Phi) is 9.46. The Bertz CT molecular complexity index is 2360. The molecular weight excluding hydrogens is 654 g/mol. The minimum atomic E-state index is -0.785. The molecule has 11 heteroatoms. The predicted octanol–water partition coefficient (Wildman–Crippen LogP) is 7.10. The predicted molar refractivity (Wildman–Crippen MR) is 201 cm³/mol. The van der Waals surface area contributed by atoms with Gasteiger partial charge < -0.3 is 25.3 Å². The van der Waals surface area contributed by atoms with E-state index in [0.717, 1.165) is 55.5 Å². The van der Waals surface area contributed by atoms with Crippen molar-refractivity contribution in [2.45, 2.75) is 53.3 Å². The number of aliphatic carboxylic acids is 1. The van der Waals surface area contributed by atoms with E-state index in [1.807, 2.05) is 55.6 Å². The lowest BCUT2D eigenvalue weighted by molar-refractivity contribution is -0.147. The summed E-state index contributed by atoms with van der Waals surface area (Å²) in [6.07, 6.45) is 3.77. The number of fused-ring (bicyclic) bond motifs is 2. The normalized spacial score (nSPS) is 16.7. The molecule has 0 radical (unpaired) electrons. The maximum absolute atomic E-state index is 11.8. The van der Waals surface area contributed by atoms with E-state index in [4.69, 9.17) is 14.4 Å². The van der Waals surface area contributed by atoms with E-state index < -0.39 is 17.5 Å². The van der Waals surface area contributed by atoms with Crippen LogP contribution in [0, 0.1) is 30.6 Å². The first-order valence-electron chi connectivity index (χ1n) is 17.4. The summed E-state index contributed by atoms with van der Waals surface area (Å²) in [6, 6.07) is 22.2. The van der Waals surface area contributed by atoms with Crippen LogP contribution in [0.5, 0.6) is 0 Å². The zero-order valence-electron chi connectivity index (χ0n) is 29.7. The molecule has 3 aromatic heterocycles. The summed E-state index contributed by atoms with van der Waals surface area (Å²) < 4.78 is 6.28. The Balaban J connectivity index is 1.16. The van der Waals surface area contributed by atoms with Gasteiger partial charge in [0.2, 0.25) is 5.89 Å². The fraction of sp³-hybridized carbons (Fsp3) is 0.293. The SMILES string of the molecule is Cc1c(Nc2nccc3cc(CNC[C@H](C)O)cnc23)cccc1-c1cccc(-c2nc3cc(CN4CC[C@@](C)(C(=O)O)C4)cc(C#N)c3o2)c1C. The Morgan fingerprint density at radius 2 is 1.83 bits per heavy atom. The van der Waals surface area contributed by atoms with Crippen molar-refractivity contribution in [3.63, 3.8) is 0 Å². The molecule has 0 saturated carbocycles. The summed E-state index contributed by atoms with van der Waals surface area (Å²) in [5.41, 5.74) is 9.15. The molecule has 52 heavy (non-hydrogen) atoms. The summed E-state index contributed by atoms with van der Waals surface area (Å²) in [5, 5.41) is 37.0. The maximum atomic E-state index is 11.8. The summed E-state index contributed by atoms with van der Waals surface area (Å²) in [7, 11) is 0. The summed E-state index contributed by atoms with van der Waals surface area (Å²) in [6.45, 7) is 10.4. The number of oxazole rings is 1. The molecule has 264 valence electrons. The molecule has 0 aliphatic carbocycles. The van der Waals surface area contributed by atoms with Gasteiger partial charge in [-0.05, 0) is 110 Å². The van der Waals surface area contributed by atoms with E-state index in [9.17, 15) is 20.3 Å². The molecule has 1 fully saturated rings. The lowest BCUT2D eigenvalue weighted by Crippen LogP contribution is -2.31. The van der Waals surface area contributed by atoms with Gasteiger partial charge in [0.15, 0.2) is 11.4 Å². The zero-order chi connectivity index (χ0) is 36.6. The third-order valence-electron chi connectivity index (χ3n) is 10.0. The maximum Gasteiger partial charge on any atom is 0.310 e. The van der Waals surface area contributed by atoms with Crippen LogP contribution in [-0.2, 0) is 17.9 Å². The highest BCUT2D eigenvalue weighted by Gasteiger charge is 2.40. The number of rotatable bonds is 11. The number of nitriles is 1. The van der Waals surface area contributed by atoms with Gasteiger partial charge in [-0.25, -0.2) is 9.97 Å². The third kappa shape index (κ3) is 6.84. The second-order valence-electron chi connectivity index (χ2n) is 14.1. The number of pyridine rings is 2. The largest absolute Gasteiger partial charge is 0.481 e. The highest BCUT2D eigenvalue weighted by atomic mass is 16.4. The van der Waals surface area contributed by atoms with Crippen molar-refractivity contribution in [3.8, 4) is 28.7 Å². The lowest BCUT2D eigenvalue weighted by Gasteiger charge is -2.20. The molecule has 1 aliphatic rings. The molecule has 6 aromatic rings. The first kappa shape index (κ1) is 34.8. The number of aliphatic hydroxyl groups excluding tert-OH is 1. The summed E-state index contributed by atoms with van der Waals surface area (Å²) >= 11 is 0. The number of nitrogens with one attached hydrogen (secondary N) is 2. The number of hydrogen-bond donors (Lipinski definition) is 4. The molecule has 2 atom stereocenters. The quantitative estimate of drug-likeness (QED) is 0.109. The molecule has 11 nitrogen and oxygen atoms in total. The number of aliphatic hydroxyl groups is 1. The highest BCUT2D eigenvalue weighted by molar-refractivity contribution is 5.91. The summed E-state index contributed by atoms with van der Waals surface area (Å²) in [4.78, 5) is 28.1. The number of carbonyl (C=O) groups is 1. The van der Waals surface area contributed by atoms with Gasteiger partial charge in [-0.2, -0.15) is 5.26 Å². The third-order valence-corrected chi connectivity index (χ3v) is 10.0. The van der Waals surface area contributed by atoms with Gasteiger partial charge in [-0.15, -0.1) is 0 Å². The topological polar surface area (TPSA) is 160 Å². The van der Waals surface area contributed by atoms with Gasteiger partial charge in [0.25, 0.3) is 0 Å². The van der Waals surface area contributed by atoms with Crippen LogP contribution in [0.2, 0.25) is 0 Å². The average Bonchev–Trinajstić information content (AvgIpc) is 3.73. The van der Waals surface area contributed by atoms with Crippen molar-refractivity contribution in [3.05, 3.63) is 101 Å². The number of carboxylic acid groups (broad SMARTS) is 1. The molecule has 0 amide bonds. The Morgan fingerprint density at radius 3 is 2.58 bits per heavy atom. The van der Waals surface area contributed by atoms with Crippen molar-refractivity contribution in [1.82, 2.24) is 25.2 Å². The van der Waals surface area contributed by atoms with Gasteiger partial charge in [-0.3, -0.25) is 14.7 Å². The minimum Gasteiger partial charge on any atom is -0.481 e. The highest BCUT2D eigenvalue weighted by Crippen LogP contribution is 2.38. The van der Waals surface area contributed by atoms with E-state index in [0.29, 0.717) is 67.5 Å². The van der Waals surface area contributed by atoms with Crippen LogP contribution in [0.15, 0.2) is 77.5 Å². The Morgan fingerprint density at radius 1 is 1.06 bits per heavy atom. The number of anilines is 2. The molecule has 0 spiro atoms. The fourth-order valence-electron chi connectivity index (χ4n) is 7.07. The molecular formula is C41H41N7O4. The average molecular weight is 696 g/mol. The van der Waals surface area contributed by atoms with E-state index in [2.05, 4.69) is 51.7 Å². The lowest BCUT2D eigenvalue weighted by atomic mass is 9.90. The van der Waals surface area contributed by atoms with Crippen LogP contribution in [0.3, 0.4) is 0 Å². The second kappa shape index (κ2) is 14.2. The number of aromatic nitrogens is 3. The molecule has 0 unspecified atom stereocenters. The number of likely N-dealkylation sites (tertiary alicyclic amines) is 1. The monoisotopic (exact) mass is 695 g/mol. The standard InChI is InChI=1S/C41H41N7O4/c1-24(49)19-43-20-28-16-29-11-13-44-38(36(29)45-21-28)46-34-10-6-8-32(26(34)3)31-7-5-9-33(25(31)2)39-47-35-17-27(15-30(18-42)37(35)52-39)22-48-14-12-41(4,23-48)40(50)51/h5-11,13,15-17,21,24,43,49H,12,14,19-20,22-23H2,1-4H3,(H,44,46)(H,50,51)/t24-,41+/m0/s1. The van der Waals surface area contributed by atoms with Gasteiger partial charge in [0, 0.05) is 55.2 Å². The molecule has 1 aliphatic heterocycles. The summed E-state index contributed by atoms with van der Waals surface area (Å²) in [5.74, 6) is 0.306. The smallest absolute Gasteiger partial charge is 0.310 e. The van der Waals surface area contributed by atoms with E-state index in [-0.39, 0.29) is 0 Å². The first-order chi connectivity index (χ1) is 25.0. The van der Waals surface area contributed by atoms with Crippen molar-refractivity contribution < 1.29 is 19.4 Å². The van der Waals surface area contributed by atoms with Crippen LogP contribution >= 0.6 is 0 Å². The van der Waals surface area contributed by atoms with E-state index >= 15 is 0 Å². The fourth-order valence-corrected chi connectivity index (χ4v) is 7.07. The zero-order valence-corrected chi connectivity index (χ0v) is 29.7. The Hall–Kier alpha value is -5.67. The molecule has 3 aromatic carbocycles. The van der Waals surface area contributed by atoms with Crippen molar-refractivity contribution in [2.24, 2.45) is 5.41 Å². The molecule has 4 heterocycles. The van der Waals surface area contributed by atoms with Crippen LogP contribution in [0.4, 0.5) is 11.5 Å². The molecule has 7 rings (SSSR count). The van der Waals surface area contributed by atoms with Crippen molar-refractivity contribution >= 4 is 39.5 Å². The van der Waals surface area contributed by atoms with Crippen LogP contribution in [0.25, 0.3) is 44.6 Å². The van der Waals surface area contributed by atoms with Crippen LogP contribution in [-0.4, -0.2) is 61.8 Å². The number of hydrogen-bond acceptors (Lipinski definition) is 10. The van der Waals surface area contributed by atoms with E-state index in [1.54, 1.807) is 20.0 Å².